The lowest BCUT2D eigenvalue weighted by Crippen LogP contribution is -2.40. The first-order chi connectivity index (χ1) is 8.07. The maximum absolute atomic E-state index is 12.8. The van der Waals surface area contributed by atoms with E-state index in [1.54, 1.807) is 19.1 Å². The molecule has 4 heteroatoms. The third-order valence-corrected chi connectivity index (χ3v) is 3.31. The zero-order chi connectivity index (χ0) is 12.5. The summed E-state index contributed by atoms with van der Waals surface area (Å²) in [6.45, 7) is 2.14. The van der Waals surface area contributed by atoms with E-state index < -0.39 is 0 Å². The van der Waals surface area contributed by atoms with Crippen LogP contribution >= 0.6 is 0 Å². The van der Waals surface area contributed by atoms with E-state index >= 15 is 0 Å². The predicted octanol–water partition coefficient (Wildman–Crippen LogP) is 1.53. The number of carbonyl (C=O) groups is 1. The van der Waals surface area contributed by atoms with Crippen molar-refractivity contribution in [2.75, 3.05) is 6.54 Å². The van der Waals surface area contributed by atoms with Gasteiger partial charge in [0.25, 0.3) is 0 Å². The van der Waals surface area contributed by atoms with E-state index in [1.807, 2.05) is 0 Å². The van der Waals surface area contributed by atoms with Crippen LogP contribution < -0.4 is 11.1 Å². The molecule has 1 fully saturated rings. The van der Waals surface area contributed by atoms with Crippen LogP contribution in [0.15, 0.2) is 24.3 Å². The molecule has 1 atom stereocenters. The van der Waals surface area contributed by atoms with Crippen LogP contribution in [0.2, 0.25) is 0 Å². The van der Waals surface area contributed by atoms with E-state index in [0.29, 0.717) is 6.54 Å². The van der Waals surface area contributed by atoms with Gasteiger partial charge in [0.05, 0.1) is 5.54 Å². The quantitative estimate of drug-likeness (QED) is 0.833. The summed E-state index contributed by atoms with van der Waals surface area (Å²) in [5, 5.41) is 3.01. The maximum atomic E-state index is 12.8. The minimum Gasteiger partial charge on any atom is -0.346 e. The van der Waals surface area contributed by atoms with Gasteiger partial charge in [-0.3, -0.25) is 4.79 Å². The summed E-state index contributed by atoms with van der Waals surface area (Å²) in [7, 11) is 0. The maximum Gasteiger partial charge on any atom is 0.224 e. The zero-order valence-corrected chi connectivity index (χ0v) is 9.87. The number of amides is 1. The predicted molar refractivity (Wildman–Crippen MR) is 63.7 cm³/mol. The molecule has 1 aromatic rings. The lowest BCUT2D eigenvalue weighted by atomic mass is 10.0. The molecule has 1 aliphatic carbocycles. The minimum atomic E-state index is -0.284. The number of carbonyl (C=O) groups excluding carboxylic acids is 1. The molecular formula is C13H17FN2O. The molecule has 3 nitrogen and oxygen atoms in total. The van der Waals surface area contributed by atoms with Crippen LogP contribution in [-0.4, -0.2) is 12.5 Å². The SMILES string of the molecule is CC(CN)C(=O)NC1(c2ccc(F)cc2)CC1. The lowest BCUT2D eigenvalue weighted by molar-refractivity contribution is -0.125. The molecule has 1 amide bonds. The highest BCUT2D eigenvalue weighted by Gasteiger charge is 2.45. The van der Waals surface area contributed by atoms with Crippen molar-refractivity contribution in [2.45, 2.75) is 25.3 Å². The summed E-state index contributed by atoms with van der Waals surface area (Å²) in [4.78, 5) is 11.8. The molecule has 1 aromatic carbocycles. The summed E-state index contributed by atoms with van der Waals surface area (Å²) in [5.41, 5.74) is 6.15. The Morgan fingerprint density at radius 2 is 2.06 bits per heavy atom. The third kappa shape index (κ3) is 2.47. The molecule has 0 aliphatic heterocycles. The van der Waals surface area contributed by atoms with Crippen molar-refractivity contribution in [3.8, 4) is 0 Å². The summed E-state index contributed by atoms with van der Waals surface area (Å²) in [5.74, 6) is -0.478. The minimum absolute atomic E-state index is 0.0330. The Morgan fingerprint density at radius 3 is 2.53 bits per heavy atom. The lowest BCUT2D eigenvalue weighted by Gasteiger charge is -2.20. The fourth-order valence-electron chi connectivity index (χ4n) is 1.85. The highest BCUT2D eigenvalue weighted by Crippen LogP contribution is 2.45. The highest BCUT2D eigenvalue weighted by molar-refractivity contribution is 5.80. The van der Waals surface area contributed by atoms with Crippen LogP contribution in [-0.2, 0) is 10.3 Å². The van der Waals surface area contributed by atoms with Gasteiger partial charge in [-0.2, -0.15) is 0 Å². The molecule has 1 saturated carbocycles. The van der Waals surface area contributed by atoms with Crippen molar-refractivity contribution < 1.29 is 9.18 Å². The van der Waals surface area contributed by atoms with Crippen molar-refractivity contribution in [2.24, 2.45) is 11.7 Å². The fourth-order valence-corrected chi connectivity index (χ4v) is 1.85. The van der Waals surface area contributed by atoms with Gasteiger partial charge < -0.3 is 11.1 Å². The molecule has 1 aliphatic rings. The molecule has 2 rings (SSSR count). The zero-order valence-electron chi connectivity index (χ0n) is 9.87. The van der Waals surface area contributed by atoms with Crippen molar-refractivity contribution >= 4 is 5.91 Å². The van der Waals surface area contributed by atoms with Gasteiger partial charge in [-0.1, -0.05) is 19.1 Å². The second-order valence-corrected chi connectivity index (χ2v) is 4.72. The second kappa shape index (κ2) is 4.45. The first-order valence-electron chi connectivity index (χ1n) is 5.85. The monoisotopic (exact) mass is 236 g/mol. The van der Waals surface area contributed by atoms with Gasteiger partial charge in [-0.15, -0.1) is 0 Å². The Hall–Kier alpha value is -1.42. The van der Waals surface area contributed by atoms with Crippen molar-refractivity contribution in [3.05, 3.63) is 35.6 Å². The number of hydrogen-bond donors (Lipinski definition) is 2. The standard InChI is InChI=1S/C13H17FN2O/c1-9(8-15)12(17)16-13(6-7-13)10-2-4-11(14)5-3-10/h2-5,9H,6-8,15H2,1H3,(H,16,17). The highest BCUT2D eigenvalue weighted by atomic mass is 19.1. The van der Waals surface area contributed by atoms with Gasteiger partial charge in [-0.25, -0.2) is 4.39 Å². The molecule has 3 N–H and O–H groups in total. The van der Waals surface area contributed by atoms with Crippen LogP contribution in [0.5, 0.6) is 0 Å². The molecular weight excluding hydrogens is 219 g/mol. The van der Waals surface area contributed by atoms with E-state index in [9.17, 15) is 9.18 Å². The van der Waals surface area contributed by atoms with Gasteiger partial charge in [-0.05, 0) is 30.5 Å². The molecule has 0 heterocycles. The molecule has 0 radical (unpaired) electrons. The van der Waals surface area contributed by atoms with Crippen LogP contribution in [0.25, 0.3) is 0 Å². The Balaban J connectivity index is 2.10. The first-order valence-corrected chi connectivity index (χ1v) is 5.85. The van der Waals surface area contributed by atoms with Crippen molar-refractivity contribution in [1.82, 2.24) is 5.32 Å². The van der Waals surface area contributed by atoms with Crippen molar-refractivity contribution in [3.63, 3.8) is 0 Å². The molecule has 0 bridgehead atoms. The van der Waals surface area contributed by atoms with E-state index in [1.165, 1.54) is 12.1 Å². The molecule has 92 valence electrons. The average Bonchev–Trinajstić information content (AvgIpc) is 3.09. The Morgan fingerprint density at radius 1 is 1.47 bits per heavy atom. The average molecular weight is 236 g/mol. The normalized spacial score (nSPS) is 18.5. The Bertz CT molecular complexity index is 412. The summed E-state index contributed by atoms with van der Waals surface area (Å²) in [6.07, 6.45) is 1.81. The molecule has 1 unspecified atom stereocenters. The number of halogens is 1. The van der Waals surface area contributed by atoms with E-state index in [-0.39, 0.29) is 23.2 Å². The number of hydrogen-bond acceptors (Lipinski definition) is 2. The first kappa shape index (κ1) is 12.0. The van der Waals surface area contributed by atoms with E-state index in [4.69, 9.17) is 5.73 Å². The number of benzene rings is 1. The summed E-state index contributed by atoms with van der Waals surface area (Å²) in [6, 6.07) is 6.31. The Kier molecular flexibility index (Phi) is 3.15. The second-order valence-electron chi connectivity index (χ2n) is 4.72. The molecule has 0 aromatic heterocycles. The number of nitrogens with one attached hydrogen (secondary N) is 1. The summed E-state index contributed by atoms with van der Waals surface area (Å²) < 4.78 is 12.8. The Labute approximate surface area is 100 Å². The van der Waals surface area contributed by atoms with Crippen LogP contribution in [0, 0.1) is 11.7 Å². The third-order valence-electron chi connectivity index (χ3n) is 3.31. The summed E-state index contributed by atoms with van der Waals surface area (Å²) >= 11 is 0. The van der Waals surface area contributed by atoms with Gasteiger partial charge in [0, 0.05) is 12.5 Å². The van der Waals surface area contributed by atoms with Crippen LogP contribution in [0.4, 0.5) is 4.39 Å². The van der Waals surface area contributed by atoms with Crippen LogP contribution in [0.3, 0.4) is 0 Å². The van der Waals surface area contributed by atoms with E-state index in [2.05, 4.69) is 5.32 Å². The fraction of sp³-hybridized carbons (Fsp3) is 0.462. The van der Waals surface area contributed by atoms with Gasteiger partial charge in [0.1, 0.15) is 5.82 Å². The van der Waals surface area contributed by atoms with E-state index in [0.717, 1.165) is 18.4 Å². The van der Waals surface area contributed by atoms with Crippen molar-refractivity contribution in [1.29, 1.82) is 0 Å². The largest absolute Gasteiger partial charge is 0.346 e. The van der Waals surface area contributed by atoms with Gasteiger partial charge in [0.2, 0.25) is 5.91 Å². The van der Waals surface area contributed by atoms with Gasteiger partial charge in [0.15, 0.2) is 0 Å². The number of nitrogens with two attached hydrogens (primary N) is 1. The van der Waals surface area contributed by atoms with Gasteiger partial charge >= 0.3 is 0 Å². The molecule has 17 heavy (non-hydrogen) atoms. The number of rotatable bonds is 4. The topological polar surface area (TPSA) is 55.1 Å². The smallest absolute Gasteiger partial charge is 0.224 e. The molecule has 0 saturated heterocycles. The molecule has 0 spiro atoms. The van der Waals surface area contributed by atoms with Crippen LogP contribution in [0.1, 0.15) is 25.3 Å².